The van der Waals surface area contributed by atoms with Gasteiger partial charge in [-0.1, -0.05) is 12.1 Å². The zero-order valence-electron chi connectivity index (χ0n) is 15.7. The molecule has 0 amide bonds. The van der Waals surface area contributed by atoms with E-state index in [1.165, 1.54) is 31.1 Å². The second-order valence-electron chi connectivity index (χ2n) is 7.53. The van der Waals surface area contributed by atoms with Crippen LogP contribution in [0.25, 0.3) is 0 Å². The van der Waals surface area contributed by atoms with Gasteiger partial charge in [0.25, 0.3) is 0 Å². The number of rotatable bonds is 6. The van der Waals surface area contributed by atoms with E-state index in [9.17, 15) is 16.8 Å². The minimum absolute atomic E-state index is 0.0591. The van der Waals surface area contributed by atoms with E-state index >= 15 is 0 Å². The van der Waals surface area contributed by atoms with Crippen molar-refractivity contribution in [2.75, 3.05) is 24.8 Å². The minimum atomic E-state index is -3.27. The summed E-state index contributed by atoms with van der Waals surface area (Å²) < 4.78 is 48.0. The van der Waals surface area contributed by atoms with Crippen molar-refractivity contribution >= 4 is 31.4 Å². The molecule has 2 saturated heterocycles. The first-order valence-electron chi connectivity index (χ1n) is 9.24. The summed E-state index contributed by atoms with van der Waals surface area (Å²) in [4.78, 5) is 0.242. The van der Waals surface area contributed by atoms with Gasteiger partial charge in [0.1, 0.15) is 0 Å². The zero-order valence-corrected chi connectivity index (χ0v) is 18.2. The van der Waals surface area contributed by atoms with Crippen molar-refractivity contribution in [3.8, 4) is 0 Å². The number of piperidine rings is 1. The SMILES string of the molecule is CS(=O)(=O)c1ccc(C2NC(NCC3CCCS3)CCC2S(C)(=O)=O)cc1. The third-order valence-corrected chi connectivity index (χ3v) is 9.46. The molecule has 1 aromatic rings. The van der Waals surface area contributed by atoms with Gasteiger partial charge in [0.15, 0.2) is 19.7 Å². The van der Waals surface area contributed by atoms with Crippen molar-refractivity contribution in [3.63, 3.8) is 0 Å². The van der Waals surface area contributed by atoms with Gasteiger partial charge >= 0.3 is 0 Å². The van der Waals surface area contributed by atoms with Gasteiger partial charge in [0, 0.05) is 24.3 Å². The van der Waals surface area contributed by atoms with Gasteiger partial charge in [0.2, 0.25) is 0 Å². The highest BCUT2D eigenvalue weighted by Gasteiger charge is 2.37. The molecule has 2 N–H and O–H groups in total. The fraction of sp³-hybridized carbons (Fsp3) is 0.667. The van der Waals surface area contributed by atoms with Crippen molar-refractivity contribution in [1.29, 1.82) is 0 Å². The Morgan fingerprint density at radius 1 is 1.07 bits per heavy atom. The Bertz CT molecular complexity index is 847. The maximum atomic E-state index is 12.3. The molecule has 2 aliphatic heterocycles. The van der Waals surface area contributed by atoms with E-state index < -0.39 is 24.9 Å². The first kappa shape index (κ1) is 21.1. The van der Waals surface area contributed by atoms with Crippen LogP contribution in [0.15, 0.2) is 29.2 Å². The second-order valence-corrected chi connectivity index (χ2v) is 13.2. The molecule has 0 radical (unpaired) electrons. The second kappa shape index (κ2) is 8.41. The lowest BCUT2D eigenvalue weighted by Crippen LogP contribution is -2.54. The molecule has 1 aromatic carbocycles. The maximum Gasteiger partial charge on any atom is 0.175 e. The fourth-order valence-electron chi connectivity index (χ4n) is 3.84. The molecule has 152 valence electrons. The molecule has 9 heteroatoms. The Hall–Kier alpha value is -0.610. The van der Waals surface area contributed by atoms with Crippen LogP contribution in [0.4, 0.5) is 0 Å². The first-order valence-corrected chi connectivity index (χ1v) is 14.1. The Labute approximate surface area is 166 Å². The van der Waals surface area contributed by atoms with Gasteiger partial charge in [-0.15, -0.1) is 0 Å². The summed E-state index contributed by atoms with van der Waals surface area (Å²) in [6.45, 7) is 0.922. The zero-order chi connectivity index (χ0) is 19.7. The van der Waals surface area contributed by atoms with Crippen molar-refractivity contribution in [2.24, 2.45) is 0 Å². The van der Waals surface area contributed by atoms with Gasteiger partial charge in [-0.05, 0) is 49.1 Å². The molecule has 0 spiro atoms. The smallest absolute Gasteiger partial charge is 0.175 e. The van der Waals surface area contributed by atoms with Crippen LogP contribution in [0.2, 0.25) is 0 Å². The lowest BCUT2D eigenvalue weighted by molar-refractivity contribution is 0.285. The van der Waals surface area contributed by atoms with E-state index in [0.717, 1.165) is 18.5 Å². The number of sulfone groups is 2. The van der Waals surface area contributed by atoms with Crippen LogP contribution in [0.3, 0.4) is 0 Å². The quantitative estimate of drug-likeness (QED) is 0.707. The van der Waals surface area contributed by atoms with Crippen LogP contribution >= 0.6 is 11.8 Å². The van der Waals surface area contributed by atoms with Crippen LogP contribution in [0.1, 0.15) is 37.3 Å². The third-order valence-electron chi connectivity index (χ3n) is 5.33. The molecule has 4 atom stereocenters. The van der Waals surface area contributed by atoms with Gasteiger partial charge in [0.05, 0.1) is 22.4 Å². The third kappa shape index (κ3) is 5.47. The van der Waals surface area contributed by atoms with Crippen molar-refractivity contribution < 1.29 is 16.8 Å². The standard InChI is InChI=1S/C18H28N2O4S3/c1-26(21,22)15-7-5-13(6-8-15)18-16(27(2,23)24)9-10-17(20-18)19-12-14-4-3-11-25-14/h5-8,14,16-20H,3-4,9-12H2,1-2H3. The molecule has 0 aliphatic carbocycles. The van der Waals surface area contributed by atoms with Crippen LogP contribution in [-0.2, 0) is 19.7 Å². The molecule has 27 heavy (non-hydrogen) atoms. The predicted molar refractivity (Wildman–Crippen MR) is 111 cm³/mol. The molecule has 0 aromatic heterocycles. The van der Waals surface area contributed by atoms with E-state index in [4.69, 9.17) is 0 Å². The Balaban J connectivity index is 1.76. The first-order chi connectivity index (χ1) is 12.6. The summed E-state index contributed by atoms with van der Waals surface area (Å²) in [5.74, 6) is 1.22. The highest BCUT2D eigenvalue weighted by molar-refractivity contribution is 8.00. The molecule has 0 bridgehead atoms. The van der Waals surface area contributed by atoms with E-state index in [-0.39, 0.29) is 17.1 Å². The molecule has 2 aliphatic rings. The van der Waals surface area contributed by atoms with Gasteiger partial charge in [-0.25, -0.2) is 16.8 Å². The molecule has 4 unspecified atom stereocenters. The molecular formula is C18H28N2O4S3. The van der Waals surface area contributed by atoms with Gasteiger partial charge < -0.3 is 5.32 Å². The molecule has 2 heterocycles. The van der Waals surface area contributed by atoms with Crippen molar-refractivity contribution in [1.82, 2.24) is 10.6 Å². The Morgan fingerprint density at radius 2 is 1.78 bits per heavy atom. The summed E-state index contributed by atoms with van der Waals surface area (Å²) in [5, 5.41) is 7.13. The number of nitrogens with one attached hydrogen (secondary N) is 2. The summed E-state index contributed by atoms with van der Waals surface area (Å²) in [6.07, 6.45) is 6.34. The normalized spacial score (nSPS) is 29.7. The fourth-order valence-corrected chi connectivity index (χ4v) is 6.98. The molecule has 2 fully saturated rings. The number of benzene rings is 1. The lowest BCUT2D eigenvalue weighted by Gasteiger charge is -2.37. The van der Waals surface area contributed by atoms with E-state index in [2.05, 4.69) is 10.6 Å². The maximum absolute atomic E-state index is 12.3. The largest absolute Gasteiger partial charge is 0.301 e. The molecule has 6 nitrogen and oxygen atoms in total. The van der Waals surface area contributed by atoms with Crippen molar-refractivity contribution in [2.45, 2.75) is 53.3 Å². The molecule has 3 rings (SSSR count). The van der Waals surface area contributed by atoms with Gasteiger partial charge in [-0.2, -0.15) is 11.8 Å². The molecule has 0 saturated carbocycles. The molecular weight excluding hydrogens is 404 g/mol. The summed E-state index contributed by atoms with van der Waals surface area (Å²) in [5.41, 5.74) is 0.805. The topological polar surface area (TPSA) is 92.3 Å². The monoisotopic (exact) mass is 432 g/mol. The average Bonchev–Trinajstić information content (AvgIpc) is 3.12. The van der Waals surface area contributed by atoms with Crippen LogP contribution in [-0.4, -0.2) is 58.3 Å². The minimum Gasteiger partial charge on any atom is -0.301 e. The lowest BCUT2D eigenvalue weighted by atomic mass is 9.95. The van der Waals surface area contributed by atoms with E-state index in [0.29, 0.717) is 11.7 Å². The number of hydrogen-bond acceptors (Lipinski definition) is 7. The van der Waals surface area contributed by atoms with E-state index in [1.807, 2.05) is 11.8 Å². The van der Waals surface area contributed by atoms with E-state index in [1.54, 1.807) is 24.3 Å². The highest BCUT2D eigenvalue weighted by atomic mass is 32.2. The Kier molecular flexibility index (Phi) is 6.57. The summed E-state index contributed by atoms with van der Waals surface area (Å²) >= 11 is 1.99. The van der Waals surface area contributed by atoms with Crippen LogP contribution < -0.4 is 10.6 Å². The summed E-state index contributed by atoms with van der Waals surface area (Å²) in [6, 6.07) is 6.20. The predicted octanol–water partition coefficient (Wildman–Crippen LogP) is 1.74. The van der Waals surface area contributed by atoms with Gasteiger partial charge in [-0.3, -0.25) is 5.32 Å². The number of thioether (sulfide) groups is 1. The summed E-state index contributed by atoms with van der Waals surface area (Å²) in [7, 11) is -6.50. The number of hydrogen-bond donors (Lipinski definition) is 2. The van der Waals surface area contributed by atoms with Crippen LogP contribution in [0, 0.1) is 0 Å². The van der Waals surface area contributed by atoms with Crippen LogP contribution in [0.5, 0.6) is 0 Å². The Morgan fingerprint density at radius 3 is 2.33 bits per heavy atom. The highest BCUT2D eigenvalue weighted by Crippen LogP contribution is 2.31. The van der Waals surface area contributed by atoms with Crippen molar-refractivity contribution in [3.05, 3.63) is 29.8 Å². The average molecular weight is 433 g/mol.